The molecule has 0 aliphatic rings. The predicted molar refractivity (Wildman–Crippen MR) is 112 cm³/mol. The maximum Gasteiger partial charge on any atom is 0.220 e. The first-order chi connectivity index (χ1) is 13.2. The van der Waals surface area contributed by atoms with Gasteiger partial charge in [0.2, 0.25) is 5.91 Å². The number of unbranched alkanes of at least 4 members (excludes halogenated alkanes) is 10. The van der Waals surface area contributed by atoms with Crippen LogP contribution in [0.15, 0.2) is 0 Å². The maximum absolute atomic E-state index is 11.6. The van der Waals surface area contributed by atoms with E-state index in [0.29, 0.717) is 26.2 Å². The smallest absolute Gasteiger partial charge is 0.220 e. The number of carbonyl (C=O) groups excluding carboxylic acids is 1. The maximum atomic E-state index is 11.6. The number of aliphatic hydroxyl groups excluding tert-OH is 2. The summed E-state index contributed by atoms with van der Waals surface area (Å²) >= 11 is 0. The van der Waals surface area contributed by atoms with Gasteiger partial charge in [0.25, 0.3) is 0 Å². The van der Waals surface area contributed by atoms with Crippen LogP contribution in [0.5, 0.6) is 0 Å². The number of ether oxygens (including phenoxy) is 1. The molecule has 0 spiro atoms. The third-order valence-electron chi connectivity index (χ3n) is 4.89. The van der Waals surface area contributed by atoms with E-state index < -0.39 is 0 Å². The standard InChI is InChI=1S/C22H45NO4/c1-2-3-4-11-14-21(25)15-12-9-7-5-6-8-10-13-16-22(26)23-17-19-27-20-18-24/h21,24-25H,2-20H2,1H3,(H,23,26). The summed E-state index contributed by atoms with van der Waals surface area (Å²) in [5.74, 6) is 0.0934. The number of rotatable bonds is 21. The second kappa shape index (κ2) is 21.6. The number of carbonyl (C=O) groups is 1. The van der Waals surface area contributed by atoms with Crippen LogP contribution in [-0.2, 0) is 9.53 Å². The molecule has 0 saturated carbocycles. The fourth-order valence-corrected chi connectivity index (χ4v) is 3.19. The van der Waals surface area contributed by atoms with Crippen LogP contribution in [0.3, 0.4) is 0 Å². The molecule has 0 radical (unpaired) electrons. The molecule has 0 saturated heterocycles. The third-order valence-corrected chi connectivity index (χ3v) is 4.89. The van der Waals surface area contributed by atoms with E-state index in [4.69, 9.17) is 9.84 Å². The van der Waals surface area contributed by atoms with Crippen molar-refractivity contribution in [3.63, 3.8) is 0 Å². The van der Waals surface area contributed by atoms with Crippen molar-refractivity contribution in [3.8, 4) is 0 Å². The van der Waals surface area contributed by atoms with Crippen LogP contribution in [0.4, 0.5) is 0 Å². The van der Waals surface area contributed by atoms with Gasteiger partial charge in [-0.1, -0.05) is 77.6 Å². The molecule has 0 bridgehead atoms. The minimum atomic E-state index is -0.0887. The summed E-state index contributed by atoms with van der Waals surface area (Å²) in [6.45, 7) is 3.55. The molecule has 0 aliphatic carbocycles. The van der Waals surface area contributed by atoms with Gasteiger partial charge in [0, 0.05) is 13.0 Å². The molecule has 1 amide bonds. The average Bonchev–Trinajstić information content (AvgIpc) is 2.66. The van der Waals surface area contributed by atoms with Crippen LogP contribution in [-0.4, -0.2) is 48.6 Å². The predicted octanol–water partition coefficient (Wildman–Crippen LogP) is 4.34. The van der Waals surface area contributed by atoms with Gasteiger partial charge in [-0.2, -0.15) is 0 Å². The number of hydrogen-bond donors (Lipinski definition) is 3. The molecule has 3 N–H and O–H groups in total. The Hall–Kier alpha value is -0.650. The fraction of sp³-hybridized carbons (Fsp3) is 0.955. The Morgan fingerprint density at radius 3 is 2.00 bits per heavy atom. The van der Waals surface area contributed by atoms with E-state index in [1.807, 2.05) is 0 Å². The molecule has 0 fully saturated rings. The molecule has 1 unspecified atom stereocenters. The molecule has 1 atom stereocenters. The quantitative estimate of drug-likeness (QED) is 0.256. The number of aliphatic hydroxyl groups is 2. The normalized spacial score (nSPS) is 12.3. The Labute approximate surface area is 167 Å². The van der Waals surface area contributed by atoms with Gasteiger partial charge in [0.05, 0.1) is 25.9 Å². The lowest BCUT2D eigenvalue weighted by molar-refractivity contribution is -0.121. The van der Waals surface area contributed by atoms with E-state index >= 15 is 0 Å². The van der Waals surface area contributed by atoms with Gasteiger partial charge in [-0.05, 0) is 19.3 Å². The molecule has 0 aromatic rings. The minimum absolute atomic E-state index is 0.0228. The molecule has 0 aliphatic heterocycles. The van der Waals surface area contributed by atoms with Crippen molar-refractivity contribution in [1.29, 1.82) is 0 Å². The monoisotopic (exact) mass is 387 g/mol. The van der Waals surface area contributed by atoms with Crippen molar-refractivity contribution in [3.05, 3.63) is 0 Å². The second-order valence-electron chi connectivity index (χ2n) is 7.56. The molecule has 0 aromatic carbocycles. The first-order valence-electron chi connectivity index (χ1n) is 11.3. The van der Waals surface area contributed by atoms with E-state index in [1.54, 1.807) is 0 Å². The summed E-state index contributed by atoms with van der Waals surface area (Å²) in [6, 6.07) is 0. The number of amides is 1. The van der Waals surface area contributed by atoms with Crippen LogP contribution in [0.25, 0.3) is 0 Å². The SMILES string of the molecule is CCCCCCC(O)CCCCCCCCCCC(=O)NCCOCCO. The van der Waals surface area contributed by atoms with Crippen LogP contribution in [0.1, 0.15) is 103 Å². The molecule has 0 rings (SSSR count). The zero-order chi connectivity index (χ0) is 20.0. The topological polar surface area (TPSA) is 78.8 Å². The van der Waals surface area contributed by atoms with Crippen molar-refractivity contribution in [1.82, 2.24) is 5.32 Å². The Morgan fingerprint density at radius 1 is 0.852 bits per heavy atom. The Kier molecular flexibility index (Phi) is 21.1. The first kappa shape index (κ1) is 26.4. The molecule has 162 valence electrons. The molecule has 0 heterocycles. The summed E-state index contributed by atoms with van der Waals surface area (Å²) in [7, 11) is 0. The van der Waals surface area contributed by atoms with E-state index in [2.05, 4.69) is 12.2 Å². The second-order valence-corrected chi connectivity index (χ2v) is 7.56. The molecular weight excluding hydrogens is 342 g/mol. The third kappa shape index (κ3) is 21.5. The summed E-state index contributed by atoms with van der Waals surface area (Å²) < 4.78 is 5.09. The lowest BCUT2D eigenvalue weighted by Crippen LogP contribution is -2.27. The van der Waals surface area contributed by atoms with Gasteiger partial charge in [0.15, 0.2) is 0 Å². The van der Waals surface area contributed by atoms with Gasteiger partial charge < -0.3 is 20.3 Å². The van der Waals surface area contributed by atoms with Crippen LogP contribution in [0, 0.1) is 0 Å². The highest BCUT2D eigenvalue weighted by Gasteiger charge is 2.04. The Bertz CT molecular complexity index is 313. The number of hydrogen-bond acceptors (Lipinski definition) is 4. The average molecular weight is 388 g/mol. The van der Waals surface area contributed by atoms with Crippen molar-refractivity contribution >= 4 is 5.91 Å². The fourth-order valence-electron chi connectivity index (χ4n) is 3.19. The number of nitrogens with one attached hydrogen (secondary N) is 1. The van der Waals surface area contributed by atoms with Gasteiger partial charge in [-0.25, -0.2) is 0 Å². The molecule has 0 aromatic heterocycles. The molecule has 5 heteroatoms. The molecule has 5 nitrogen and oxygen atoms in total. The van der Waals surface area contributed by atoms with E-state index in [1.165, 1.54) is 57.8 Å². The highest BCUT2D eigenvalue weighted by molar-refractivity contribution is 5.75. The summed E-state index contributed by atoms with van der Waals surface area (Å²) in [5, 5.41) is 21.3. The largest absolute Gasteiger partial charge is 0.394 e. The van der Waals surface area contributed by atoms with Gasteiger partial charge in [-0.15, -0.1) is 0 Å². The summed E-state index contributed by atoms with van der Waals surface area (Å²) in [4.78, 5) is 11.6. The first-order valence-corrected chi connectivity index (χ1v) is 11.3. The zero-order valence-corrected chi connectivity index (χ0v) is 17.7. The molecular formula is C22H45NO4. The minimum Gasteiger partial charge on any atom is -0.394 e. The summed E-state index contributed by atoms with van der Waals surface area (Å²) in [6.07, 6.45) is 16.8. The van der Waals surface area contributed by atoms with Crippen LogP contribution >= 0.6 is 0 Å². The lowest BCUT2D eigenvalue weighted by atomic mass is 10.0. The molecule has 27 heavy (non-hydrogen) atoms. The lowest BCUT2D eigenvalue weighted by Gasteiger charge is -2.10. The van der Waals surface area contributed by atoms with E-state index in [0.717, 1.165) is 32.1 Å². The van der Waals surface area contributed by atoms with Crippen LogP contribution in [0.2, 0.25) is 0 Å². The summed E-state index contributed by atoms with van der Waals surface area (Å²) in [5.41, 5.74) is 0. The van der Waals surface area contributed by atoms with E-state index in [-0.39, 0.29) is 18.6 Å². The van der Waals surface area contributed by atoms with E-state index in [9.17, 15) is 9.90 Å². The Balaban J connectivity index is 3.21. The van der Waals surface area contributed by atoms with Crippen molar-refractivity contribution in [2.24, 2.45) is 0 Å². The van der Waals surface area contributed by atoms with Crippen molar-refractivity contribution in [2.45, 2.75) is 109 Å². The highest BCUT2D eigenvalue weighted by atomic mass is 16.5. The van der Waals surface area contributed by atoms with Gasteiger partial charge in [0.1, 0.15) is 0 Å². The van der Waals surface area contributed by atoms with Gasteiger partial charge in [-0.3, -0.25) is 4.79 Å². The van der Waals surface area contributed by atoms with Crippen molar-refractivity contribution < 1.29 is 19.7 Å². The van der Waals surface area contributed by atoms with Crippen molar-refractivity contribution in [2.75, 3.05) is 26.4 Å². The van der Waals surface area contributed by atoms with Gasteiger partial charge >= 0.3 is 0 Å². The van der Waals surface area contributed by atoms with Crippen LogP contribution < -0.4 is 5.32 Å². The highest BCUT2D eigenvalue weighted by Crippen LogP contribution is 2.14. The zero-order valence-electron chi connectivity index (χ0n) is 17.7. The Morgan fingerprint density at radius 2 is 1.41 bits per heavy atom.